The van der Waals surface area contributed by atoms with Gasteiger partial charge in [-0.05, 0) is 61.8 Å². The van der Waals surface area contributed by atoms with Crippen LogP contribution in [0, 0.1) is 0 Å². The maximum Gasteiger partial charge on any atom is 0.248 e. The van der Waals surface area contributed by atoms with Crippen LogP contribution in [0.25, 0.3) is 11.1 Å². The molecule has 0 aliphatic carbocycles. The van der Waals surface area contributed by atoms with Crippen LogP contribution in [-0.2, 0) is 4.79 Å². The number of benzene rings is 2. The van der Waals surface area contributed by atoms with E-state index in [1.807, 2.05) is 36.4 Å². The second-order valence-electron chi connectivity index (χ2n) is 7.67. The first-order valence-corrected chi connectivity index (χ1v) is 10.2. The Labute approximate surface area is 172 Å². The van der Waals surface area contributed by atoms with Crippen molar-refractivity contribution in [2.75, 3.05) is 45.1 Å². The third kappa shape index (κ3) is 6.41. The van der Waals surface area contributed by atoms with Crippen molar-refractivity contribution in [2.45, 2.75) is 19.3 Å². The fraction of sp³-hybridized carbons (Fsp3) is 0.391. The van der Waals surface area contributed by atoms with Crippen molar-refractivity contribution in [3.63, 3.8) is 0 Å². The first-order valence-electron chi connectivity index (χ1n) is 10.2. The molecule has 1 heterocycles. The number of piperazine rings is 1. The normalized spacial score (nSPS) is 15.2. The van der Waals surface area contributed by atoms with Gasteiger partial charge in [-0.1, -0.05) is 24.3 Å². The summed E-state index contributed by atoms with van der Waals surface area (Å²) in [5, 5.41) is 2.96. The van der Waals surface area contributed by atoms with Gasteiger partial charge in [0.2, 0.25) is 11.8 Å². The van der Waals surface area contributed by atoms with Gasteiger partial charge in [0.15, 0.2) is 0 Å². The van der Waals surface area contributed by atoms with Crippen molar-refractivity contribution in [1.29, 1.82) is 0 Å². The van der Waals surface area contributed by atoms with Crippen LogP contribution in [0.5, 0.6) is 0 Å². The molecule has 29 heavy (non-hydrogen) atoms. The van der Waals surface area contributed by atoms with Crippen molar-refractivity contribution < 1.29 is 9.59 Å². The van der Waals surface area contributed by atoms with Gasteiger partial charge in [-0.15, -0.1) is 0 Å². The summed E-state index contributed by atoms with van der Waals surface area (Å²) in [6, 6.07) is 14.9. The van der Waals surface area contributed by atoms with Gasteiger partial charge in [-0.2, -0.15) is 0 Å². The molecule has 0 aromatic heterocycles. The molecular weight excluding hydrogens is 364 g/mol. The highest BCUT2D eigenvalue weighted by molar-refractivity contribution is 5.94. The van der Waals surface area contributed by atoms with E-state index in [1.54, 1.807) is 12.1 Å². The molecule has 0 bridgehead atoms. The van der Waals surface area contributed by atoms with Crippen molar-refractivity contribution in [2.24, 2.45) is 5.73 Å². The fourth-order valence-corrected chi connectivity index (χ4v) is 3.51. The number of nitrogens with one attached hydrogen (secondary N) is 1. The largest absolute Gasteiger partial charge is 0.366 e. The summed E-state index contributed by atoms with van der Waals surface area (Å²) in [5.41, 5.74) is 8.50. The van der Waals surface area contributed by atoms with Crippen LogP contribution in [0.3, 0.4) is 0 Å². The molecule has 0 spiro atoms. The molecule has 0 saturated carbocycles. The van der Waals surface area contributed by atoms with E-state index in [-0.39, 0.29) is 5.91 Å². The molecule has 2 aromatic rings. The molecule has 3 rings (SSSR count). The van der Waals surface area contributed by atoms with Crippen molar-refractivity contribution >= 4 is 17.5 Å². The Bertz CT molecular complexity index is 827. The highest BCUT2D eigenvalue weighted by Gasteiger charge is 2.13. The number of amides is 2. The topological polar surface area (TPSA) is 78.7 Å². The Morgan fingerprint density at radius 3 is 2.38 bits per heavy atom. The molecule has 0 unspecified atom stereocenters. The van der Waals surface area contributed by atoms with E-state index in [0.717, 1.165) is 62.4 Å². The van der Waals surface area contributed by atoms with E-state index < -0.39 is 5.91 Å². The standard InChI is InChI=1S/C23H30N4O2/c1-26-13-15-27(16-14-26)12-3-2-7-22(28)25-21-10-8-18(9-11-21)19-5-4-6-20(17-19)23(24)29/h4-6,8-11,17H,2-3,7,12-16H2,1H3,(H2,24,29)(H,25,28). The summed E-state index contributed by atoms with van der Waals surface area (Å²) in [6.45, 7) is 5.57. The maximum atomic E-state index is 12.2. The van der Waals surface area contributed by atoms with Crippen molar-refractivity contribution in [3.8, 4) is 11.1 Å². The van der Waals surface area contributed by atoms with Gasteiger partial charge in [-0.3, -0.25) is 9.59 Å². The number of hydrogen-bond acceptors (Lipinski definition) is 4. The highest BCUT2D eigenvalue weighted by Crippen LogP contribution is 2.22. The molecule has 1 aliphatic rings. The molecule has 1 fully saturated rings. The molecule has 0 radical (unpaired) electrons. The smallest absolute Gasteiger partial charge is 0.248 e. The molecular formula is C23H30N4O2. The predicted molar refractivity (Wildman–Crippen MR) is 117 cm³/mol. The van der Waals surface area contributed by atoms with Crippen LogP contribution in [-0.4, -0.2) is 61.4 Å². The molecule has 6 nitrogen and oxygen atoms in total. The number of likely N-dealkylation sites (N-methyl/N-ethyl adjacent to an activating group) is 1. The van der Waals surface area contributed by atoms with Gasteiger partial charge in [0.05, 0.1) is 0 Å². The van der Waals surface area contributed by atoms with Crippen LogP contribution in [0.2, 0.25) is 0 Å². The Morgan fingerprint density at radius 2 is 1.69 bits per heavy atom. The fourth-order valence-electron chi connectivity index (χ4n) is 3.51. The summed E-state index contributed by atoms with van der Waals surface area (Å²) >= 11 is 0. The summed E-state index contributed by atoms with van der Waals surface area (Å²) in [6.07, 6.45) is 2.48. The first-order chi connectivity index (χ1) is 14.0. The SMILES string of the molecule is CN1CCN(CCCCC(=O)Nc2ccc(-c3cccc(C(N)=O)c3)cc2)CC1. The quantitative estimate of drug-likeness (QED) is 0.675. The van der Waals surface area contributed by atoms with Gasteiger partial charge in [0, 0.05) is 43.9 Å². The zero-order valence-corrected chi connectivity index (χ0v) is 17.1. The average Bonchev–Trinajstić information content (AvgIpc) is 2.73. The summed E-state index contributed by atoms with van der Waals surface area (Å²) in [5.74, 6) is -0.393. The molecule has 1 aliphatic heterocycles. The van der Waals surface area contributed by atoms with Crippen LogP contribution in [0.4, 0.5) is 5.69 Å². The number of hydrogen-bond donors (Lipinski definition) is 2. The van der Waals surface area contributed by atoms with Gasteiger partial charge in [0.1, 0.15) is 0 Å². The van der Waals surface area contributed by atoms with Crippen molar-refractivity contribution in [3.05, 3.63) is 54.1 Å². The number of nitrogens with two attached hydrogens (primary N) is 1. The average molecular weight is 395 g/mol. The number of carbonyl (C=O) groups excluding carboxylic acids is 2. The Kier molecular flexibility index (Phi) is 7.38. The summed E-state index contributed by atoms with van der Waals surface area (Å²) in [7, 11) is 2.16. The summed E-state index contributed by atoms with van der Waals surface area (Å²) in [4.78, 5) is 28.4. The number of primary amides is 1. The Morgan fingerprint density at radius 1 is 0.966 bits per heavy atom. The zero-order chi connectivity index (χ0) is 20.6. The van der Waals surface area contributed by atoms with E-state index in [9.17, 15) is 9.59 Å². The van der Waals surface area contributed by atoms with E-state index >= 15 is 0 Å². The molecule has 6 heteroatoms. The molecule has 2 aromatic carbocycles. The molecule has 3 N–H and O–H groups in total. The van der Waals surface area contributed by atoms with Gasteiger partial charge in [-0.25, -0.2) is 0 Å². The minimum Gasteiger partial charge on any atom is -0.366 e. The molecule has 1 saturated heterocycles. The van der Waals surface area contributed by atoms with Crippen LogP contribution in [0.15, 0.2) is 48.5 Å². The van der Waals surface area contributed by atoms with Crippen LogP contribution >= 0.6 is 0 Å². The minimum atomic E-state index is -0.441. The summed E-state index contributed by atoms with van der Waals surface area (Å²) < 4.78 is 0. The van der Waals surface area contributed by atoms with Gasteiger partial charge in [0.25, 0.3) is 0 Å². The van der Waals surface area contributed by atoms with Gasteiger partial charge >= 0.3 is 0 Å². The lowest BCUT2D eigenvalue weighted by molar-refractivity contribution is -0.116. The number of anilines is 1. The van der Waals surface area contributed by atoms with E-state index in [0.29, 0.717) is 12.0 Å². The molecule has 2 amide bonds. The monoisotopic (exact) mass is 394 g/mol. The Hall–Kier alpha value is -2.70. The van der Waals surface area contributed by atoms with Gasteiger partial charge < -0.3 is 20.9 Å². The highest BCUT2D eigenvalue weighted by atomic mass is 16.1. The Balaban J connectivity index is 1.43. The third-order valence-corrected chi connectivity index (χ3v) is 5.37. The van der Waals surface area contributed by atoms with E-state index in [4.69, 9.17) is 5.73 Å². The number of nitrogens with zero attached hydrogens (tertiary/aromatic N) is 2. The second-order valence-corrected chi connectivity index (χ2v) is 7.67. The zero-order valence-electron chi connectivity index (χ0n) is 17.1. The predicted octanol–water partition coefficient (Wildman–Crippen LogP) is 2.81. The number of rotatable bonds is 8. The maximum absolute atomic E-state index is 12.2. The third-order valence-electron chi connectivity index (χ3n) is 5.37. The van der Waals surface area contributed by atoms with Crippen molar-refractivity contribution in [1.82, 2.24) is 9.80 Å². The van der Waals surface area contributed by atoms with E-state index in [2.05, 4.69) is 22.2 Å². The lowest BCUT2D eigenvalue weighted by Crippen LogP contribution is -2.44. The number of carbonyl (C=O) groups is 2. The lowest BCUT2D eigenvalue weighted by Gasteiger charge is -2.32. The molecule has 0 atom stereocenters. The first kappa shape index (κ1) is 21.0. The minimum absolute atomic E-state index is 0.0480. The molecule has 154 valence electrons. The lowest BCUT2D eigenvalue weighted by atomic mass is 10.0. The van der Waals surface area contributed by atoms with E-state index in [1.165, 1.54) is 0 Å². The number of unbranched alkanes of at least 4 members (excludes halogenated alkanes) is 1. The second kappa shape index (κ2) is 10.2. The van der Waals surface area contributed by atoms with Crippen LogP contribution < -0.4 is 11.1 Å². The van der Waals surface area contributed by atoms with Crippen LogP contribution in [0.1, 0.15) is 29.6 Å².